The van der Waals surface area contributed by atoms with E-state index in [4.69, 9.17) is 21.7 Å². The fourth-order valence-corrected chi connectivity index (χ4v) is 2.02. The highest BCUT2D eigenvalue weighted by Gasteiger charge is 2.39. The molecule has 0 atom stereocenters. The predicted octanol–water partition coefficient (Wildman–Crippen LogP) is 4.08. The molecular formula is C16H21ClN3O3+. The van der Waals surface area contributed by atoms with Crippen molar-refractivity contribution in [3.05, 3.63) is 51.5 Å². The first-order valence-electron chi connectivity index (χ1n) is 7.18. The molecule has 7 heteroatoms. The van der Waals surface area contributed by atoms with Crippen LogP contribution in [-0.4, -0.2) is 28.1 Å². The Bertz CT molecular complexity index is 627. The number of ether oxygens (including phenoxy) is 1. The normalized spacial score (nSPS) is 12.2. The average molecular weight is 339 g/mol. The maximum absolute atomic E-state index is 12.7. The van der Waals surface area contributed by atoms with Gasteiger partial charge in [0.05, 0.1) is 6.61 Å². The summed E-state index contributed by atoms with van der Waals surface area (Å²) in [6.07, 6.45) is 0. The third-order valence-electron chi connectivity index (χ3n) is 3.10. The van der Waals surface area contributed by atoms with E-state index >= 15 is 0 Å². The van der Waals surface area contributed by atoms with Crippen molar-refractivity contribution in [1.29, 1.82) is 5.39 Å². The molecule has 1 aromatic rings. The van der Waals surface area contributed by atoms with Crippen molar-refractivity contribution in [2.75, 3.05) is 6.61 Å². The minimum absolute atomic E-state index is 0.144. The third kappa shape index (κ3) is 5.15. The zero-order valence-corrected chi connectivity index (χ0v) is 14.5. The summed E-state index contributed by atoms with van der Waals surface area (Å²) in [6.45, 7) is 7.57. The Morgan fingerprint density at radius 1 is 1.35 bits per heavy atom. The van der Waals surface area contributed by atoms with Crippen LogP contribution < -0.4 is 0 Å². The summed E-state index contributed by atoms with van der Waals surface area (Å²) >= 11 is 5.86. The second kappa shape index (κ2) is 7.84. The molecule has 0 unspecified atom stereocenters. The van der Waals surface area contributed by atoms with Crippen LogP contribution >= 0.6 is 11.6 Å². The molecule has 0 spiro atoms. The number of rotatable bonds is 5. The van der Waals surface area contributed by atoms with Gasteiger partial charge in [0.2, 0.25) is 5.39 Å². The molecule has 0 aliphatic carbocycles. The zero-order valence-electron chi connectivity index (χ0n) is 13.7. The number of aliphatic hydroxyl groups excluding tert-OH is 1. The minimum Gasteiger partial charge on any atom is -0.475 e. The number of halogens is 1. The SMILES string of the molecule is CCO/C(O)=C(/[N+]#N)C(=O)N(Cc1ccc(Cl)cc1)C(C)(C)C. The molecular weight excluding hydrogens is 318 g/mol. The zero-order chi connectivity index (χ0) is 17.6. The van der Waals surface area contributed by atoms with E-state index in [0.29, 0.717) is 5.02 Å². The molecule has 0 aliphatic rings. The Labute approximate surface area is 140 Å². The Morgan fingerprint density at radius 3 is 2.35 bits per heavy atom. The summed E-state index contributed by atoms with van der Waals surface area (Å²) in [6, 6.07) is 7.06. The van der Waals surface area contributed by atoms with Gasteiger partial charge in [-0.15, -0.1) is 0 Å². The minimum atomic E-state index is -0.703. The number of nitrogens with zero attached hydrogens (tertiary/aromatic N) is 3. The van der Waals surface area contributed by atoms with Crippen LogP contribution in [0.5, 0.6) is 0 Å². The van der Waals surface area contributed by atoms with Crippen molar-refractivity contribution in [2.24, 2.45) is 0 Å². The van der Waals surface area contributed by atoms with Crippen LogP contribution in [0.2, 0.25) is 5.02 Å². The van der Waals surface area contributed by atoms with Gasteiger partial charge < -0.3 is 14.7 Å². The van der Waals surface area contributed by atoms with Crippen LogP contribution in [-0.2, 0) is 16.1 Å². The molecule has 23 heavy (non-hydrogen) atoms. The fraction of sp³-hybridized carbons (Fsp3) is 0.438. The molecule has 1 aromatic carbocycles. The lowest BCUT2D eigenvalue weighted by Gasteiger charge is -2.34. The van der Waals surface area contributed by atoms with E-state index in [1.54, 1.807) is 31.2 Å². The maximum Gasteiger partial charge on any atom is 0.527 e. The lowest BCUT2D eigenvalue weighted by molar-refractivity contribution is -0.132. The van der Waals surface area contributed by atoms with Gasteiger partial charge in [0, 0.05) is 17.1 Å². The number of hydrogen-bond acceptors (Lipinski definition) is 4. The molecule has 6 nitrogen and oxygen atoms in total. The first kappa shape index (κ1) is 18.8. The number of hydrogen-bond donors (Lipinski definition) is 1. The standard InChI is InChI=1S/C16H20ClN3O3/c1-5-23-15(22)13(19-18)14(21)20(16(2,3)4)10-11-6-8-12(17)9-7-11/h6-9H,5,10H2,1-4H3/p+1. The van der Waals surface area contributed by atoms with Crippen molar-refractivity contribution in [2.45, 2.75) is 39.8 Å². The molecule has 0 bridgehead atoms. The Morgan fingerprint density at radius 2 is 1.91 bits per heavy atom. The number of aliphatic hydroxyl groups is 1. The number of carbonyl (C=O) groups excluding carboxylic acids is 1. The van der Waals surface area contributed by atoms with E-state index in [9.17, 15) is 9.90 Å². The summed E-state index contributed by atoms with van der Waals surface area (Å²) < 4.78 is 4.86. The molecule has 0 saturated carbocycles. The van der Waals surface area contributed by atoms with Crippen molar-refractivity contribution in [3.8, 4) is 0 Å². The lowest BCUT2D eigenvalue weighted by Crippen LogP contribution is -2.45. The van der Waals surface area contributed by atoms with Gasteiger partial charge in [-0.25, -0.2) is 0 Å². The van der Waals surface area contributed by atoms with Crippen molar-refractivity contribution in [1.82, 2.24) is 4.90 Å². The van der Waals surface area contributed by atoms with E-state index < -0.39 is 23.1 Å². The average Bonchev–Trinajstić information content (AvgIpc) is 2.46. The fourth-order valence-electron chi connectivity index (χ4n) is 1.90. The van der Waals surface area contributed by atoms with E-state index in [2.05, 4.69) is 4.98 Å². The number of benzene rings is 1. The number of amides is 1. The molecule has 1 N–H and O–H groups in total. The van der Waals surface area contributed by atoms with Crippen LogP contribution in [0.1, 0.15) is 33.3 Å². The van der Waals surface area contributed by atoms with Gasteiger partial charge in [0.25, 0.3) is 0 Å². The van der Waals surface area contributed by atoms with Gasteiger partial charge in [-0.2, -0.15) is 0 Å². The molecule has 0 saturated heterocycles. The smallest absolute Gasteiger partial charge is 0.475 e. The summed E-state index contributed by atoms with van der Waals surface area (Å²) in [5, 5.41) is 19.4. The first-order valence-corrected chi connectivity index (χ1v) is 7.56. The van der Waals surface area contributed by atoms with Crippen LogP contribution in [0.25, 0.3) is 4.98 Å². The van der Waals surface area contributed by atoms with E-state index in [0.717, 1.165) is 5.56 Å². The summed E-state index contributed by atoms with van der Waals surface area (Å²) in [4.78, 5) is 17.0. The summed E-state index contributed by atoms with van der Waals surface area (Å²) in [5.41, 5.74) is -0.249. The van der Waals surface area contributed by atoms with Gasteiger partial charge in [-0.1, -0.05) is 23.7 Å². The molecule has 0 fully saturated rings. The maximum atomic E-state index is 12.7. The van der Waals surface area contributed by atoms with Crippen molar-refractivity contribution >= 4 is 17.5 Å². The molecule has 1 amide bonds. The molecule has 1 rings (SSSR count). The quantitative estimate of drug-likeness (QED) is 0.498. The third-order valence-corrected chi connectivity index (χ3v) is 3.35. The largest absolute Gasteiger partial charge is 0.527 e. The second-order valence-corrected chi connectivity index (χ2v) is 6.31. The Kier molecular flexibility index (Phi) is 6.40. The highest BCUT2D eigenvalue weighted by Crippen LogP contribution is 2.22. The Hall–Kier alpha value is -2.26. The molecule has 0 aliphatic heterocycles. The van der Waals surface area contributed by atoms with Crippen LogP contribution in [0.3, 0.4) is 0 Å². The Balaban J connectivity index is 3.16. The van der Waals surface area contributed by atoms with Crippen LogP contribution in [0, 0.1) is 5.39 Å². The van der Waals surface area contributed by atoms with Crippen molar-refractivity contribution < 1.29 is 14.6 Å². The van der Waals surface area contributed by atoms with Crippen LogP contribution in [0.15, 0.2) is 35.9 Å². The lowest BCUT2D eigenvalue weighted by atomic mass is 10.0. The van der Waals surface area contributed by atoms with E-state index in [-0.39, 0.29) is 13.2 Å². The van der Waals surface area contributed by atoms with E-state index in [1.165, 1.54) is 4.90 Å². The molecule has 0 aromatic heterocycles. The highest BCUT2D eigenvalue weighted by molar-refractivity contribution is 6.30. The number of diazo groups is 1. The summed E-state index contributed by atoms with van der Waals surface area (Å²) in [7, 11) is 0. The first-order chi connectivity index (χ1) is 10.7. The second-order valence-electron chi connectivity index (χ2n) is 5.88. The van der Waals surface area contributed by atoms with Crippen molar-refractivity contribution in [3.63, 3.8) is 0 Å². The highest BCUT2D eigenvalue weighted by atomic mass is 35.5. The topological polar surface area (TPSA) is 77.9 Å². The number of carbonyl (C=O) groups is 1. The van der Waals surface area contributed by atoms with Gasteiger partial charge in [0.1, 0.15) is 0 Å². The van der Waals surface area contributed by atoms with Crippen LogP contribution in [0.4, 0.5) is 0 Å². The van der Waals surface area contributed by atoms with Gasteiger partial charge >= 0.3 is 17.5 Å². The molecule has 0 radical (unpaired) electrons. The molecule has 124 valence electrons. The predicted molar refractivity (Wildman–Crippen MR) is 88.1 cm³/mol. The molecule has 0 heterocycles. The van der Waals surface area contributed by atoms with Gasteiger partial charge in [-0.05, 0) is 45.4 Å². The van der Waals surface area contributed by atoms with Gasteiger partial charge in [-0.3, -0.25) is 4.79 Å². The monoisotopic (exact) mass is 338 g/mol. The summed E-state index contributed by atoms with van der Waals surface area (Å²) in [5.74, 6) is -1.34. The van der Waals surface area contributed by atoms with Gasteiger partial charge in [0.15, 0.2) is 4.98 Å². The van der Waals surface area contributed by atoms with E-state index in [1.807, 2.05) is 20.8 Å².